The number of hydrogen-bond donors (Lipinski definition) is 1. The molecule has 0 aliphatic rings. The predicted molar refractivity (Wildman–Crippen MR) is 69.1 cm³/mol. The normalized spacial score (nSPS) is 16.1. The molecule has 0 bridgehead atoms. The molecule has 0 aliphatic carbocycles. The van der Waals surface area contributed by atoms with Gasteiger partial charge in [0.25, 0.3) is 0 Å². The second-order valence-corrected chi connectivity index (χ2v) is 10.5. The third-order valence-electron chi connectivity index (χ3n) is 1.98. The Bertz CT molecular complexity index is 282. The average Bonchev–Trinajstić information content (AvgIpc) is 1.98. The summed E-state index contributed by atoms with van der Waals surface area (Å²) < 4.78 is 5.65. The standard InChI is InChI=1S/C12H24O3Si/c1-9(15-16(5,6)7)10(13)8-11(14)12(2,3)4/h8-9,14H,1-7H3/b11-8-. The lowest BCUT2D eigenvalue weighted by atomic mass is 9.93. The Hall–Kier alpha value is -0.613. The Morgan fingerprint density at radius 1 is 1.31 bits per heavy atom. The first-order valence-corrected chi connectivity index (χ1v) is 8.97. The van der Waals surface area contributed by atoms with Crippen molar-refractivity contribution in [3.05, 3.63) is 11.8 Å². The van der Waals surface area contributed by atoms with E-state index >= 15 is 0 Å². The van der Waals surface area contributed by atoms with Crippen molar-refractivity contribution in [1.29, 1.82) is 0 Å². The van der Waals surface area contributed by atoms with Crippen LogP contribution < -0.4 is 0 Å². The van der Waals surface area contributed by atoms with E-state index in [2.05, 4.69) is 0 Å². The van der Waals surface area contributed by atoms with Crippen LogP contribution in [0, 0.1) is 5.41 Å². The summed E-state index contributed by atoms with van der Waals surface area (Å²) in [6.07, 6.45) is 0.807. The van der Waals surface area contributed by atoms with E-state index in [4.69, 9.17) is 4.43 Å². The summed E-state index contributed by atoms with van der Waals surface area (Å²) in [6, 6.07) is 0. The number of rotatable bonds is 4. The Balaban J connectivity index is 4.60. The summed E-state index contributed by atoms with van der Waals surface area (Å²) in [7, 11) is -1.71. The lowest BCUT2D eigenvalue weighted by Crippen LogP contribution is -2.34. The molecule has 1 unspecified atom stereocenters. The van der Waals surface area contributed by atoms with Gasteiger partial charge in [0.15, 0.2) is 14.1 Å². The topological polar surface area (TPSA) is 46.5 Å². The molecule has 0 saturated heterocycles. The van der Waals surface area contributed by atoms with Gasteiger partial charge < -0.3 is 9.53 Å². The van der Waals surface area contributed by atoms with Crippen molar-refractivity contribution >= 4 is 14.1 Å². The first kappa shape index (κ1) is 15.4. The largest absolute Gasteiger partial charge is 0.512 e. The molecule has 0 heterocycles. The van der Waals surface area contributed by atoms with Gasteiger partial charge in [-0.3, -0.25) is 4.79 Å². The van der Waals surface area contributed by atoms with E-state index < -0.39 is 19.8 Å². The minimum atomic E-state index is -1.71. The van der Waals surface area contributed by atoms with Gasteiger partial charge in [0.2, 0.25) is 0 Å². The number of aliphatic hydroxyl groups excluding tert-OH is 1. The smallest absolute Gasteiger partial charge is 0.186 e. The van der Waals surface area contributed by atoms with Crippen molar-refractivity contribution in [3.63, 3.8) is 0 Å². The highest BCUT2D eigenvalue weighted by Crippen LogP contribution is 2.22. The SMILES string of the molecule is CC(O[Si](C)(C)C)C(=O)/C=C(\O)C(C)(C)C. The molecule has 0 fully saturated rings. The van der Waals surface area contributed by atoms with Crippen LogP contribution in [0.1, 0.15) is 27.7 Å². The van der Waals surface area contributed by atoms with Crippen LogP contribution in [0.5, 0.6) is 0 Å². The zero-order chi connectivity index (χ0) is 13.1. The molecule has 0 amide bonds. The van der Waals surface area contributed by atoms with E-state index in [9.17, 15) is 9.90 Å². The van der Waals surface area contributed by atoms with Crippen LogP contribution in [0.25, 0.3) is 0 Å². The highest BCUT2D eigenvalue weighted by molar-refractivity contribution is 6.69. The Labute approximate surface area is 99.6 Å². The van der Waals surface area contributed by atoms with Gasteiger partial charge in [0, 0.05) is 11.5 Å². The lowest BCUT2D eigenvalue weighted by molar-refractivity contribution is -0.120. The Morgan fingerprint density at radius 2 is 1.75 bits per heavy atom. The van der Waals surface area contributed by atoms with Crippen molar-refractivity contribution < 1.29 is 14.3 Å². The van der Waals surface area contributed by atoms with Gasteiger partial charge in [0.1, 0.15) is 11.9 Å². The zero-order valence-corrected chi connectivity index (χ0v) is 12.4. The van der Waals surface area contributed by atoms with Crippen LogP contribution in [0.3, 0.4) is 0 Å². The van der Waals surface area contributed by atoms with E-state index in [1.165, 1.54) is 6.08 Å². The van der Waals surface area contributed by atoms with E-state index in [1.54, 1.807) is 6.92 Å². The minimum absolute atomic E-state index is 0.100. The fourth-order valence-electron chi connectivity index (χ4n) is 1.06. The third-order valence-corrected chi connectivity index (χ3v) is 3.04. The average molecular weight is 244 g/mol. The quantitative estimate of drug-likeness (QED) is 0.469. The second-order valence-electron chi connectivity index (χ2n) is 6.05. The van der Waals surface area contributed by atoms with Crippen LogP contribution in [-0.4, -0.2) is 25.3 Å². The molecule has 0 rings (SSSR count). The Morgan fingerprint density at radius 3 is 2.06 bits per heavy atom. The lowest BCUT2D eigenvalue weighted by Gasteiger charge is -2.22. The molecule has 0 saturated carbocycles. The van der Waals surface area contributed by atoms with Gasteiger partial charge in [-0.25, -0.2) is 0 Å². The molecular formula is C12H24O3Si. The van der Waals surface area contributed by atoms with Crippen LogP contribution in [0.4, 0.5) is 0 Å². The molecule has 0 aromatic carbocycles. The molecule has 0 aliphatic heterocycles. The fourth-order valence-corrected chi connectivity index (χ4v) is 2.23. The predicted octanol–water partition coefficient (Wildman–Crippen LogP) is 3.28. The third kappa shape index (κ3) is 6.08. The van der Waals surface area contributed by atoms with Crippen LogP contribution in [-0.2, 0) is 9.22 Å². The maximum Gasteiger partial charge on any atom is 0.186 e. The van der Waals surface area contributed by atoms with E-state index in [-0.39, 0.29) is 11.5 Å². The molecule has 0 spiro atoms. The van der Waals surface area contributed by atoms with Gasteiger partial charge in [-0.15, -0.1) is 0 Å². The highest BCUT2D eigenvalue weighted by Gasteiger charge is 2.24. The molecule has 0 radical (unpaired) electrons. The van der Waals surface area contributed by atoms with Crippen molar-refractivity contribution in [1.82, 2.24) is 0 Å². The molecular weight excluding hydrogens is 220 g/mol. The van der Waals surface area contributed by atoms with Crippen molar-refractivity contribution in [2.24, 2.45) is 5.41 Å². The fraction of sp³-hybridized carbons (Fsp3) is 0.750. The summed E-state index contributed by atoms with van der Waals surface area (Å²) in [5.74, 6) is -0.0709. The molecule has 4 heteroatoms. The number of hydrogen-bond acceptors (Lipinski definition) is 3. The van der Waals surface area contributed by atoms with Gasteiger partial charge in [-0.05, 0) is 26.6 Å². The number of carbonyl (C=O) groups excluding carboxylic acids is 1. The van der Waals surface area contributed by atoms with Crippen LogP contribution in [0.15, 0.2) is 11.8 Å². The highest BCUT2D eigenvalue weighted by atomic mass is 28.4. The summed E-state index contributed by atoms with van der Waals surface area (Å²) in [5.41, 5.74) is -0.394. The van der Waals surface area contributed by atoms with Gasteiger partial charge in [-0.1, -0.05) is 20.8 Å². The molecule has 0 aromatic heterocycles. The molecule has 94 valence electrons. The Kier molecular flexibility index (Phi) is 4.95. The number of allylic oxidation sites excluding steroid dienone is 1. The van der Waals surface area contributed by atoms with E-state index in [0.29, 0.717) is 0 Å². The van der Waals surface area contributed by atoms with E-state index in [1.807, 2.05) is 40.4 Å². The summed E-state index contributed by atoms with van der Waals surface area (Å²) in [5, 5.41) is 9.70. The van der Waals surface area contributed by atoms with Crippen molar-refractivity contribution in [3.8, 4) is 0 Å². The summed E-state index contributed by atoms with van der Waals surface area (Å²) >= 11 is 0. The molecule has 1 N–H and O–H groups in total. The summed E-state index contributed by atoms with van der Waals surface area (Å²) in [4.78, 5) is 11.7. The maximum absolute atomic E-state index is 11.7. The number of carbonyl (C=O) groups is 1. The van der Waals surface area contributed by atoms with E-state index in [0.717, 1.165) is 0 Å². The molecule has 16 heavy (non-hydrogen) atoms. The minimum Gasteiger partial charge on any atom is -0.512 e. The number of ketones is 1. The zero-order valence-electron chi connectivity index (χ0n) is 11.4. The van der Waals surface area contributed by atoms with Crippen LogP contribution in [0.2, 0.25) is 19.6 Å². The molecule has 1 atom stereocenters. The van der Waals surface area contributed by atoms with Gasteiger partial charge in [0.05, 0.1) is 0 Å². The van der Waals surface area contributed by atoms with Crippen molar-refractivity contribution in [2.75, 3.05) is 0 Å². The maximum atomic E-state index is 11.7. The monoisotopic (exact) mass is 244 g/mol. The first-order chi connectivity index (χ1) is 6.93. The van der Waals surface area contributed by atoms with Crippen molar-refractivity contribution in [2.45, 2.75) is 53.4 Å². The second kappa shape index (κ2) is 5.14. The van der Waals surface area contributed by atoms with Crippen LogP contribution >= 0.6 is 0 Å². The molecule has 0 aromatic rings. The van der Waals surface area contributed by atoms with Gasteiger partial charge >= 0.3 is 0 Å². The van der Waals surface area contributed by atoms with Gasteiger partial charge in [-0.2, -0.15) is 0 Å². The summed E-state index contributed by atoms with van der Waals surface area (Å²) in [6.45, 7) is 13.4. The first-order valence-electron chi connectivity index (χ1n) is 5.56. The molecule has 3 nitrogen and oxygen atoms in total. The number of aliphatic hydroxyl groups is 1.